The van der Waals surface area contributed by atoms with Gasteiger partial charge < -0.3 is 10.6 Å². The summed E-state index contributed by atoms with van der Waals surface area (Å²) in [6.07, 6.45) is 3.85. The van der Waals surface area contributed by atoms with Crippen LogP contribution in [-0.2, 0) is 0 Å². The molecule has 1 aliphatic heterocycles. The molecule has 0 saturated carbocycles. The molecule has 0 bridgehead atoms. The van der Waals surface area contributed by atoms with Crippen LogP contribution in [0.3, 0.4) is 0 Å². The van der Waals surface area contributed by atoms with Crippen molar-refractivity contribution in [3.05, 3.63) is 0 Å². The van der Waals surface area contributed by atoms with Gasteiger partial charge in [-0.15, -0.1) is 0 Å². The topological polar surface area (TPSA) is 39.7 Å². The first-order chi connectivity index (χ1) is 9.17. The Hall–Kier alpha value is -0.770. The van der Waals surface area contributed by atoms with E-state index in [2.05, 4.69) is 43.2 Å². The summed E-state index contributed by atoms with van der Waals surface area (Å²) in [5.74, 6) is 1.80. The van der Waals surface area contributed by atoms with Crippen molar-refractivity contribution in [1.29, 1.82) is 0 Å². The summed E-state index contributed by atoms with van der Waals surface area (Å²) < 4.78 is 0. The van der Waals surface area contributed by atoms with Crippen molar-refractivity contribution >= 4 is 5.96 Å². The van der Waals surface area contributed by atoms with Crippen molar-refractivity contribution in [1.82, 2.24) is 15.5 Å². The maximum absolute atomic E-state index is 4.70. The normalized spacial score (nSPS) is 23.2. The van der Waals surface area contributed by atoms with Gasteiger partial charge in [-0.2, -0.15) is 0 Å². The fraction of sp³-hybridized carbons (Fsp3) is 0.933. The first-order valence-corrected chi connectivity index (χ1v) is 7.93. The standard InChI is InChI=1S/C15H32N4/c1-5-9-17-15(16-6-2)18-11-14(4)19-10-7-8-13(3)12-19/h13-14H,5-12H2,1-4H3,(H2,16,17,18). The monoisotopic (exact) mass is 268 g/mol. The van der Waals surface area contributed by atoms with Gasteiger partial charge in [0.2, 0.25) is 0 Å². The minimum Gasteiger partial charge on any atom is -0.357 e. The molecule has 1 saturated heterocycles. The van der Waals surface area contributed by atoms with E-state index in [1.165, 1.54) is 25.9 Å². The number of likely N-dealkylation sites (tertiary alicyclic amines) is 1. The minimum atomic E-state index is 0.542. The summed E-state index contributed by atoms with van der Waals surface area (Å²) in [6, 6.07) is 0.542. The summed E-state index contributed by atoms with van der Waals surface area (Å²) in [6.45, 7) is 14.2. The molecular weight excluding hydrogens is 236 g/mol. The smallest absolute Gasteiger partial charge is 0.191 e. The van der Waals surface area contributed by atoms with Crippen LogP contribution in [0.25, 0.3) is 0 Å². The number of guanidine groups is 1. The number of nitrogens with one attached hydrogen (secondary N) is 2. The number of aliphatic imine (C=N–C) groups is 1. The molecule has 19 heavy (non-hydrogen) atoms. The molecule has 0 spiro atoms. The molecule has 0 aromatic carbocycles. The molecule has 1 fully saturated rings. The zero-order chi connectivity index (χ0) is 14.1. The van der Waals surface area contributed by atoms with Crippen LogP contribution in [0.5, 0.6) is 0 Å². The summed E-state index contributed by atoms with van der Waals surface area (Å²) in [5.41, 5.74) is 0. The fourth-order valence-electron chi connectivity index (χ4n) is 2.55. The Labute approximate surface area is 119 Å². The quantitative estimate of drug-likeness (QED) is 0.572. The second-order valence-electron chi connectivity index (χ2n) is 5.74. The van der Waals surface area contributed by atoms with E-state index >= 15 is 0 Å². The van der Waals surface area contributed by atoms with Crippen molar-refractivity contribution in [2.45, 2.75) is 53.0 Å². The third-order valence-electron chi connectivity index (χ3n) is 3.71. The highest BCUT2D eigenvalue weighted by Gasteiger charge is 2.20. The zero-order valence-corrected chi connectivity index (χ0v) is 13.2. The largest absolute Gasteiger partial charge is 0.357 e. The van der Waals surface area contributed by atoms with Crippen LogP contribution in [0.2, 0.25) is 0 Å². The molecule has 0 aliphatic carbocycles. The molecule has 0 aromatic heterocycles. The van der Waals surface area contributed by atoms with Crippen LogP contribution >= 0.6 is 0 Å². The van der Waals surface area contributed by atoms with Gasteiger partial charge in [0.05, 0.1) is 6.54 Å². The molecule has 2 unspecified atom stereocenters. The van der Waals surface area contributed by atoms with Crippen LogP contribution in [0, 0.1) is 5.92 Å². The summed E-state index contributed by atoms with van der Waals surface area (Å²) >= 11 is 0. The van der Waals surface area contributed by atoms with Crippen molar-refractivity contribution in [3.8, 4) is 0 Å². The van der Waals surface area contributed by atoms with E-state index in [0.29, 0.717) is 6.04 Å². The van der Waals surface area contributed by atoms with Crippen molar-refractivity contribution in [2.24, 2.45) is 10.9 Å². The molecule has 1 heterocycles. The average molecular weight is 268 g/mol. The molecule has 1 rings (SSSR count). The van der Waals surface area contributed by atoms with Gasteiger partial charge in [-0.1, -0.05) is 13.8 Å². The van der Waals surface area contributed by atoms with Crippen LogP contribution in [-0.4, -0.2) is 49.6 Å². The maximum atomic E-state index is 4.70. The van der Waals surface area contributed by atoms with Gasteiger partial charge in [-0.3, -0.25) is 9.89 Å². The van der Waals surface area contributed by atoms with Gasteiger partial charge >= 0.3 is 0 Å². The van der Waals surface area contributed by atoms with E-state index in [1.54, 1.807) is 0 Å². The Morgan fingerprint density at radius 3 is 2.79 bits per heavy atom. The predicted octanol–water partition coefficient (Wildman–Crippen LogP) is 2.07. The average Bonchev–Trinajstić information content (AvgIpc) is 2.41. The van der Waals surface area contributed by atoms with Gasteiger partial charge in [0.15, 0.2) is 5.96 Å². The van der Waals surface area contributed by atoms with Gasteiger partial charge in [0.25, 0.3) is 0 Å². The predicted molar refractivity (Wildman–Crippen MR) is 83.7 cm³/mol. The number of hydrogen-bond donors (Lipinski definition) is 2. The SMILES string of the molecule is CCCNC(=NCC(C)N1CCCC(C)C1)NCC. The Morgan fingerprint density at radius 1 is 1.37 bits per heavy atom. The second kappa shape index (κ2) is 9.18. The Morgan fingerprint density at radius 2 is 2.16 bits per heavy atom. The van der Waals surface area contributed by atoms with Crippen LogP contribution in [0.15, 0.2) is 4.99 Å². The molecule has 2 atom stereocenters. The lowest BCUT2D eigenvalue weighted by molar-refractivity contribution is 0.142. The van der Waals surface area contributed by atoms with E-state index in [-0.39, 0.29) is 0 Å². The van der Waals surface area contributed by atoms with Crippen molar-refractivity contribution in [3.63, 3.8) is 0 Å². The zero-order valence-electron chi connectivity index (χ0n) is 13.2. The van der Waals surface area contributed by atoms with Crippen molar-refractivity contribution < 1.29 is 0 Å². The lowest BCUT2D eigenvalue weighted by Gasteiger charge is -2.35. The van der Waals surface area contributed by atoms with Crippen LogP contribution < -0.4 is 10.6 Å². The molecule has 0 radical (unpaired) electrons. The highest BCUT2D eigenvalue weighted by molar-refractivity contribution is 5.79. The summed E-state index contributed by atoms with van der Waals surface area (Å²) in [5, 5.41) is 6.66. The second-order valence-corrected chi connectivity index (χ2v) is 5.74. The molecule has 2 N–H and O–H groups in total. The fourth-order valence-corrected chi connectivity index (χ4v) is 2.55. The lowest BCUT2D eigenvalue weighted by Crippen LogP contribution is -2.43. The van der Waals surface area contributed by atoms with Crippen LogP contribution in [0.4, 0.5) is 0 Å². The van der Waals surface area contributed by atoms with Crippen molar-refractivity contribution in [2.75, 3.05) is 32.7 Å². The number of piperidine rings is 1. The first kappa shape index (κ1) is 16.3. The lowest BCUT2D eigenvalue weighted by atomic mass is 9.99. The first-order valence-electron chi connectivity index (χ1n) is 7.93. The Bertz CT molecular complexity index is 265. The van der Waals surface area contributed by atoms with Gasteiger partial charge in [-0.25, -0.2) is 0 Å². The number of nitrogens with zero attached hydrogens (tertiary/aromatic N) is 2. The van der Waals surface area contributed by atoms with E-state index in [9.17, 15) is 0 Å². The number of hydrogen-bond acceptors (Lipinski definition) is 2. The van der Waals surface area contributed by atoms with E-state index in [1.807, 2.05) is 0 Å². The van der Waals surface area contributed by atoms with Gasteiger partial charge in [-0.05, 0) is 45.6 Å². The highest BCUT2D eigenvalue weighted by Crippen LogP contribution is 2.17. The van der Waals surface area contributed by atoms with E-state index in [0.717, 1.165) is 37.9 Å². The molecule has 112 valence electrons. The van der Waals surface area contributed by atoms with E-state index < -0.39 is 0 Å². The Balaban J connectivity index is 2.41. The maximum Gasteiger partial charge on any atom is 0.191 e. The van der Waals surface area contributed by atoms with E-state index in [4.69, 9.17) is 4.99 Å². The number of rotatable bonds is 6. The molecule has 0 amide bonds. The third-order valence-corrected chi connectivity index (χ3v) is 3.71. The highest BCUT2D eigenvalue weighted by atomic mass is 15.2. The molecule has 4 nitrogen and oxygen atoms in total. The summed E-state index contributed by atoms with van der Waals surface area (Å²) in [7, 11) is 0. The minimum absolute atomic E-state index is 0.542. The Kier molecular flexibility index (Phi) is 7.87. The third kappa shape index (κ3) is 6.28. The van der Waals surface area contributed by atoms with Gasteiger partial charge in [0.1, 0.15) is 0 Å². The molecule has 4 heteroatoms. The molecule has 0 aromatic rings. The van der Waals surface area contributed by atoms with Gasteiger partial charge in [0, 0.05) is 25.7 Å². The summed E-state index contributed by atoms with van der Waals surface area (Å²) in [4.78, 5) is 7.29. The molecule has 1 aliphatic rings. The van der Waals surface area contributed by atoms with Crippen LogP contribution in [0.1, 0.15) is 47.0 Å². The molecular formula is C15H32N4.